The number of ketones is 1. The van der Waals surface area contributed by atoms with Crippen LogP contribution >= 0.6 is 15.9 Å². The van der Waals surface area contributed by atoms with E-state index in [0.717, 1.165) is 15.7 Å². The van der Waals surface area contributed by atoms with Gasteiger partial charge in [-0.2, -0.15) is 0 Å². The number of halogens is 1. The Morgan fingerprint density at radius 1 is 1.16 bits per heavy atom. The molecule has 25 heavy (non-hydrogen) atoms. The predicted molar refractivity (Wildman–Crippen MR) is 99.9 cm³/mol. The Hall–Kier alpha value is -2.47. The molecule has 0 bridgehead atoms. The van der Waals surface area contributed by atoms with E-state index in [1.807, 2.05) is 18.2 Å². The van der Waals surface area contributed by atoms with Crippen molar-refractivity contribution in [3.8, 4) is 0 Å². The molecule has 0 aromatic heterocycles. The van der Waals surface area contributed by atoms with Gasteiger partial charge in [-0.15, -0.1) is 0 Å². The molecule has 1 aliphatic rings. The molecule has 2 aromatic rings. The summed E-state index contributed by atoms with van der Waals surface area (Å²) in [6.45, 7) is 1.42. The summed E-state index contributed by atoms with van der Waals surface area (Å²) in [4.78, 5) is 37.6. The van der Waals surface area contributed by atoms with Crippen LogP contribution in [0.15, 0.2) is 46.9 Å². The molecule has 128 valence electrons. The predicted octanol–water partition coefficient (Wildman–Crippen LogP) is 3.57. The number of rotatable bonds is 4. The molecule has 0 radical (unpaired) electrons. The number of nitrogens with zero attached hydrogens (tertiary/aromatic N) is 1. The molecule has 0 aliphatic carbocycles. The first-order valence-corrected chi connectivity index (χ1v) is 8.73. The minimum atomic E-state index is -0.301. The molecule has 0 atom stereocenters. The highest BCUT2D eigenvalue weighted by Gasteiger charge is 2.26. The van der Waals surface area contributed by atoms with Gasteiger partial charge in [-0.1, -0.05) is 28.1 Å². The zero-order chi connectivity index (χ0) is 18.0. The number of amides is 2. The quantitative estimate of drug-likeness (QED) is 0.797. The number of hydrogen-bond donors (Lipinski definition) is 1. The van der Waals surface area contributed by atoms with Crippen molar-refractivity contribution in [3.05, 3.63) is 58.1 Å². The minimum Gasteiger partial charge on any atom is -0.325 e. The van der Waals surface area contributed by atoms with Gasteiger partial charge in [-0.25, -0.2) is 0 Å². The highest BCUT2D eigenvalue weighted by atomic mass is 79.9. The number of fused-ring (bicyclic) bond motifs is 1. The van der Waals surface area contributed by atoms with E-state index >= 15 is 0 Å². The molecule has 6 heteroatoms. The number of carbonyl (C=O) groups excluding carboxylic acids is 3. The van der Waals surface area contributed by atoms with E-state index in [2.05, 4.69) is 21.2 Å². The number of benzene rings is 2. The Morgan fingerprint density at radius 3 is 2.72 bits per heavy atom. The van der Waals surface area contributed by atoms with Crippen LogP contribution in [0, 0.1) is 0 Å². The lowest BCUT2D eigenvalue weighted by molar-refractivity contribution is -0.121. The monoisotopic (exact) mass is 400 g/mol. The second-order valence-electron chi connectivity index (χ2n) is 5.94. The van der Waals surface area contributed by atoms with Crippen LogP contribution in [0.25, 0.3) is 0 Å². The van der Waals surface area contributed by atoms with Gasteiger partial charge in [0.05, 0.1) is 0 Å². The van der Waals surface area contributed by atoms with Crippen LogP contribution in [0.4, 0.5) is 11.4 Å². The number of anilines is 2. The van der Waals surface area contributed by atoms with Crippen LogP contribution in [0.5, 0.6) is 0 Å². The summed E-state index contributed by atoms with van der Waals surface area (Å²) >= 11 is 3.43. The van der Waals surface area contributed by atoms with Gasteiger partial charge in [-0.05, 0) is 49.2 Å². The van der Waals surface area contributed by atoms with E-state index in [4.69, 9.17) is 0 Å². The summed E-state index contributed by atoms with van der Waals surface area (Å²) in [5, 5.41) is 2.75. The zero-order valence-electron chi connectivity index (χ0n) is 13.7. The molecular weight excluding hydrogens is 384 g/mol. The largest absolute Gasteiger partial charge is 0.325 e. The van der Waals surface area contributed by atoms with Crippen molar-refractivity contribution < 1.29 is 14.4 Å². The smallest absolute Gasteiger partial charge is 0.244 e. The van der Waals surface area contributed by atoms with Crippen molar-refractivity contribution in [1.82, 2.24) is 0 Å². The number of carbonyl (C=O) groups is 3. The number of nitrogens with one attached hydrogen (secondary N) is 1. The lowest BCUT2D eigenvalue weighted by atomic mass is 10.0. The molecule has 0 unspecified atom stereocenters. The maximum Gasteiger partial charge on any atom is 0.244 e. The summed E-state index contributed by atoms with van der Waals surface area (Å²) in [5.74, 6) is -0.436. The zero-order valence-corrected chi connectivity index (χ0v) is 15.3. The van der Waals surface area contributed by atoms with Crippen LogP contribution in [0.1, 0.15) is 29.3 Å². The Morgan fingerprint density at radius 2 is 1.96 bits per heavy atom. The standard InChI is InChI=1S/C19H17BrN2O3/c1-12(23)13-3-2-4-16(10-13)21-18(24)11-22-17-7-6-15(20)9-14(17)5-8-19(22)25/h2-4,6-7,9-10H,5,8,11H2,1H3,(H,21,24). The van der Waals surface area contributed by atoms with Gasteiger partial charge in [0.15, 0.2) is 5.78 Å². The van der Waals surface area contributed by atoms with Crippen LogP contribution in [-0.2, 0) is 16.0 Å². The molecule has 0 saturated heterocycles. The molecule has 5 nitrogen and oxygen atoms in total. The van der Waals surface area contributed by atoms with Gasteiger partial charge in [0.25, 0.3) is 0 Å². The SMILES string of the molecule is CC(=O)c1cccc(NC(=O)CN2C(=O)CCc3cc(Br)ccc32)c1. The van der Waals surface area contributed by atoms with Crippen LogP contribution in [-0.4, -0.2) is 24.1 Å². The summed E-state index contributed by atoms with van der Waals surface area (Å²) in [7, 11) is 0. The van der Waals surface area contributed by atoms with Crippen molar-refractivity contribution in [2.75, 3.05) is 16.8 Å². The summed E-state index contributed by atoms with van der Waals surface area (Å²) in [6.07, 6.45) is 1.06. The third-order valence-electron chi connectivity index (χ3n) is 4.10. The van der Waals surface area contributed by atoms with Gasteiger partial charge in [-0.3, -0.25) is 14.4 Å². The lowest BCUT2D eigenvalue weighted by Gasteiger charge is -2.29. The molecule has 3 rings (SSSR count). The molecule has 1 heterocycles. The van der Waals surface area contributed by atoms with Crippen LogP contribution in [0.3, 0.4) is 0 Å². The topological polar surface area (TPSA) is 66.5 Å². The van der Waals surface area contributed by atoms with E-state index in [1.54, 1.807) is 24.3 Å². The fourth-order valence-electron chi connectivity index (χ4n) is 2.86. The molecule has 1 aliphatic heterocycles. The number of Topliss-reactive ketones (excluding diaryl/α,β-unsaturated/α-hetero) is 1. The third-order valence-corrected chi connectivity index (χ3v) is 4.59. The van der Waals surface area contributed by atoms with Crippen LogP contribution < -0.4 is 10.2 Å². The fourth-order valence-corrected chi connectivity index (χ4v) is 3.27. The van der Waals surface area contributed by atoms with Gasteiger partial charge >= 0.3 is 0 Å². The molecule has 2 amide bonds. The molecular formula is C19H17BrN2O3. The molecule has 0 fully saturated rings. The Bertz CT molecular complexity index is 863. The van der Waals surface area contributed by atoms with Gasteiger partial charge in [0.2, 0.25) is 11.8 Å². The molecule has 2 aromatic carbocycles. The van der Waals surface area contributed by atoms with E-state index in [9.17, 15) is 14.4 Å². The van der Waals surface area contributed by atoms with Gasteiger partial charge in [0, 0.05) is 27.8 Å². The highest BCUT2D eigenvalue weighted by Crippen LogP contribution is 2.30. The molecule has 1 N–H and O–H groups in total. The first kappa shape index (κ1) is 17.4. The normalized spacial score (nSPS) is 13.4. The Labute approximate surface area is 154 Å². The van der Waals surface area contributed by atoms with Crippen molar-refractivity contribution in [2.45, 2.75) is 19.8 Å². The van der Waals surface area contributed by atoms with Crippen molar-refractivity contribution in [2.24, 2.45) is 0 Å². The average molecular weight is 401 g/mol. The summed E-state index contributed by atoms with van der Waals surface area (Å²) in [5.41, 5.74) is 2.88. The van der Waals surface area contributed by atoms with Crippen molar-refractivity contribution in [3.63, 3.8) is 0 Å². The molecule has 0 spiro atoms. The van der Waals surface area contributed by atoms with Gasteiger partial charge < -0.3 is 10.2 Å². The van der Waals surface area contributed by atoms with Crippen LogP contribution in [0.2, 0.25) is 0 Å². The molecule has 0 saturated carbocycles. The average Bonchev–Trinajstić information content (AvgIpc) is 2.57. The van der Waals surface area contributed by atoms with E-state index in [0.29, 0.717) is 24.1 Å². The van der Waals surface area contributed by atoms with Crippen molar-refractivity contribution >= 4 is 44.9 Å². The summed E-state index contributed by atoms with van der Waals surface area (Å²) in [6, 6.07) is 12.4. The maximum atomic E-state index is 12.4. The van der Waals surface area contributed by atoms with E-state index < -0.39 is 0 Å². The Kier molecular flexibility index (Phi) is 4.99. The van der Waals surface area contributed by atoms with E-state index in [-0.39, 0.29) is 24.1 Å². The minimum absolute atomic E-state index is 0.0578. The number of aryl methyl sites for hydroxylation is 1. The maximum absolute atomic E-state index is 12.4. The summed E-state index contributed by atoms with van der Waals surface area (Å²) < 4.78 is 0.950. The fraction of sp³-hybridized carbons (Fsp3) is 0.211. The second-order valence-corrected chi connectivity index (χ2v) is 6.85. The van der Waals surface area contributed by atoms with E-state index in [1.165, 1.54) is 11.8 Å². The second kappa shape index (κ2) is 7.19. The highest BCUT2D eigenvalue weighted by molar-refractivity contribution is 9.10. The first-order chi connectivity index (χ1) is 11.9. The Balaban J connectivity index is 1.76. The van der Waals surface area contributed by atoms with Gasteiger partial charge in [0.1, 0.15) is 6.54 Å². The lowest BCUT2D eigenvalue weighted by Crippen LogP contribution is -2.40. The van der Waals surface area contributed by atoms with Crippen molar-refractivity contribution in [1.29, 1.82) is 0 Å². The number of hydrogen-bond acceptors (Lipinski definition) is 3. The third kappa shape index (κ3) is 3.96. The first-order valence-electron chi connectivity index (χ1n) is 7.93.